The smallest absolute Gasteiger partial charge is 0.111 e. The second kappa shape index (κ2) is 3.50. The van der Waals surface area contributed by atoms with Crippen LogP contribution in [0.15, 0.2) is 6.20 Å². The van der Waals surface area contributed by atoms with Gasteiger partial charge in [-0.3, -0.25) is 0 Å². The van der Waals surface area contributed by atoms with Crippen LogP contribution in [0.3, 0.4) is 0 Å². The van der Waals surface area contributed by atoms with E-state index in [2.05, 4.69) is 16.6 Å². The fraction of sp³-hybridized carbons (Fsp3) is 0.700. The van der Waals surface area contributed by atoms with Gasteiger partial charge in [0, 0.05) is 25.7 Å². The van der Waals surface area contributed by atoms with Gasteiger partial charge in [0.05, 0.1) is 5.69 Å². The van der Waals surface area contributed by atoms with Gasteiger partial charge in [0.2, 0.25) is 0 Å². The van der Waals surface area contributed by atoms with Crippen molar-refractivity contribution in [1.29, 1.82) is 0 Å². The topological polar surface area (TPSA) is 43.8 Å². The van der Waals surface area contributed by atoms with E-state index in [9.17, 15) is 0 Å². The lowest BCUT2D eigenvalue weighted by Gasteiger charge is -2.07. The van der Waals surface area contributed by atoms with E-state index in [4.69, 9.17) is 5.73 Å². The lowest BCUT2D eigenvalue weighted by Crippen LogP contribution is -2.02. The summed E-state index contributed by atoms with van der Waals surface area (Å²) >= 11 is 0. The minimum absolute atomic E-state index is 0.556. The molecule has 0 bridgehead atoms. The summed E-state index contributed by atoms with van der Waals surface area (Å²) in [5, 5.41) is 0. The predicted molar refractivity (Wildman–Crippen MR) is 52.3 cm³/mol. The first-order valence-corrected chi connectivity index (χ1v) is 5.03. The van der Waals surface area contributed by atoms with Crippen LogP contribution in [0.4, 0.5) is 0 Å². The number of imidazole rings is 1. The normalized spacial score (nSPS) is 18.3. The highest BCUT2D eigenvalue weighted by molar-refractivity contribution is 5.08. The van der Waals surface area contributed by atoms with Gasteiger partial charge >= 0.3 is 0 Å². The van der Waals surface area contributed by atoms with Crippen molar-refractivity contribution in [2.75, 3.05) is 0 Å². The fourth-order valence-electron chi connectivity index (χ4n) is 2.21. The van der Waals surface area contributed by atoms with Crippen LogP contribution in [0, 0.1) is 0 Å². The Hall–Kier alpha value is -0.830. The molecule has 0 amide bonds. The van der Waals surface area contributed by atoms with Crippen molar-refractivity contribution in [3.8, 4) is 0 Å². The maximum atomic E-state index is 5.55. The zero-order valence-corrected chi connectivity index (χ0v) is 8.16. The van der Waals surface area contributed by atoms with E-state index in [0.29, 0.717) is 12.5 Å². The summed E-state index contributed by atoms with van der Waals surface area (Å²) in [4.78, 5) is 4.55. The summed E-state index contributed by atoms with van der Waals surface area (Å²) in [6.07, 6.45) is 7.36. The molecule has 0 aromatic carbocycles. The quantitative estimate of drug-likeness (QED) is 0.748. The Bertz CT molecular complexity index is 284. The number of aromatic nitrogens is 2. The molecule has 2 N–H and O–H groups in total. The maximum absolute atomic E-state index is 5.55. The largest absolute Gasteiger partial charge is 0.337 e. The Morgan fingerprint density at radius 2 is 2.23 bits per heavy atom. The maximum Gasteiger partial charge on any atom is 0.111 e. The van der Waals surface area contributed by atoms with Gasteiger partial charge in [0.15, 0.2) is 0 Å². The van der Waals surface area contributed by atoms with Crippen LogP contribution < -0.4 is 5.73 Å². The zero-order valence-electron chi connectivity index (χ0n) is 8.16. The first-order chi connectivity index (χ1) is 6.31. The third kappa shape index (κ3) is 1.61. The monoisotopic (exact) mass is 179 g/mol. The second-order valence-corrected chi connectivity index (χ2v) is 3.89. The number of hydrogen-bond donors (Lipinski definition) is 1. The minimum atomic E-state index is 0.556. The van der Waals surface area contributed by atoms with Gasteiger partial charge in [-0.25, -0.2) is 4.98 Å². The number of hydrogen-bond acceptors (Lipinski definition) is 2. The van der Waals surface area contributed by atoms with E-state index >= 15 is 0 Å². The zero-order chi connectivity index (χ0) is 9.26. The minimum Gasteiger partial charge on any atom is -0.337 e. The lowest BCUT2D eigenvalue weighted by molar-refractivity contribution is 0.631. The molecule has 1 aromatic heterocycles. The van der Waals surface area contributed by atoms with Crippen LogP contribution in [-0.4, -0.2) is 9.55 Å². The molecule has 1 heterocycles. The van der Waals surface area contributed by atoms with E-state index in [1.54, 1.807) is 0 Å². The Kier molecular flexibility index (Phi) is 2.36. The third-order valence-electron chi connectivity index (χ3n) is 2.89. The summed E-state index contributed by atoms with van der Waals surface area (Å²) < 4.78 is 2.14. The Balaban J connectivity index is 2.22. The van der Waals surface area contributed by atoms with Gasteiger partial charge in [0.25, 0.3) is 0 Å². The molecule has 1 saturated carbocycles. The second-order valence-electron chi connectivity index (χ2n) is 3.89. The van der Waals surface area contributed by atoms with E-state index < -0.39 is 0 Å². The van der Waals surface area contributed by atoms with Crippen LogP contribution >= 0.6 is 0 Å². The first kappa shape index (κ1) is 8.75. The Morgan fingerprint density at radius 3 is 2.77 bits per heavy atom. The molecule has 1 aliphatic rings. The highest BCUT2D eigenvalue weighted by Gasteiger charge is 2.21. The van der Waals surface area contributed by atoms with Gasteiger partial charge in [-0.1, -0.05) is 12.8 Å². The average molecular weight is 179 g/mol. The average Bonchev–Trinajstić information content (AvgIpc) is 2.72. The van der Waals surface area contributed by atoms with Crippen molar-refractivity contribution >= 4 is 0 Å². The SMILES string of the molecule is Cn1cc(CN)nc1C1CCCC1. The van der Waals surface area contributed by atoms with Crippen LogP contribution in [-0.2, 0) is 13.6 Å². The molecule has 72 valence electrons. The van der Waals surface area contributed by atoms with Crippen LogP contribution in [0.1, 0.15) is 43.1 Å². The van der Waals surface area contributed by atoms with Gasteiger partial charge in [0.1, 0.15) is 5.82 Å². The molecule has 3 nitrogen and oxygen atoms in total. The Labute approximate surface area is 79.0 Å². The molecule has 1 fully saturated rings. The van der Waals surface area contributed by atoms with Gasteiger partial charge in [-0.05, 0) is 12.8 Å². The van der Waals surface area contributed by atoms with E-state index in [0.717, 1.165) is 5.69 Å². The molecule has 0 spiro atoms. The van der Waals surface area contributed by atoms with Crippen LogP contribution in [0.25, 0.3) is 0 Å². The number of nitrogens with two attached hydrogens (primary N) is 1. The van der Waals surface area contributed by atoms with Crippen molar-refractivity contribution in [2.24, 2.45) is 12.8 Å². The van der Waals surface area contributed by atoms with Crippen LogP contribution in [0.5, 0.6) is 0 Å². The molecule has 2 rings (SSSR count). The van der Waals surface area contributed by atoms with Crippen molar-refractivity contribution in [3.63, 3.8) is 0 Å². The van der Waals surface area contributed by atoms with Crippen molar-refractivity contribution in [3.05, 3.63) is 17.7 Å². The lowest BCUT2D eigenvalue weighted by atomic mass is 10.1. The van der Waals surface area contributed by atoms with E-state index in [1.807, 2.05) is 6.20 Å². The molecular weight excluding hydrogens is 162 g/mol. The first-order valence-electron chi connectivity index (χ1n) is 5.03. The molecule has 3 heteroatoms. The summed E-state index contributed by atoms with van der Waals surface area (Å²) in [5.74, 6) is 1.92. The summed E-state index contributed by atoms with van der Waals surface area (Å²) in [6.45, 7) is 0.556. The molecule has 1 aliphatic carbocycles. The standard InChI is InChI=1S/C10H17N3/c1-13-7-9(6-11)12-10(13)8-4-2-3-5-8/h7-8H,2-6,11H2,1H3. The van der Waals surface area contributed by atoms with E-state index in [-0.39, 0.29) is 0 Å². The summed E-state index contributed by atoms with van der Waals surface area (Å²) in [6, 6.07) is 0. The number of nitrogens with zero attached hydrogens (tertiary/aromatic N) is 2. The summed E-state index contributed by atoms with van der Waals surface area (Å²) in [5.41, 5.74) is 6.57. The molecule has 0 atom stereocenters. The molecule has 0 radical (unpaired) electrons. The fourth-order valence-corrected chi connectivity index (χ4v) is 2.21. The molecular formula is C10H17N3. The van der Waals surface area contributed by atoms with Gasteiger partial charge in [-0.15, -0.1) is 0 Å². The number of aryl methyl sites for hydroxylation is 1. The predicted octanol–water partition coefficient (Wildman–Crippen LogP) is 1.54. The highest BCUT2D eigenvalue weighted by atomic mass is 15.1. The van der Waals surface area contributed by atoms with Crippen molar-refractivity contribution in [1.82, 2.24) is 9.55 Å². The van der Waals surface area contributed by atoms with Gasteiger partial charge < -0.3 is 10.3 Å². The summed E-state index contributed by atoms with van der Waals surface area (Å²) in [7, 11) is 2.07. The van der Waals surface area contributed by atoms with E-state index in [1.165, 1.54) is 31.5 Å². The molecule has 1 aromatic rings. The molecule has 0 unspecified atom stereocenters. The molecule has 13 heavy (non-hydrogen) atoms. The van der Waals surface area contributed by atoms with Gasteiger partial charge in [-0.2, -0.15) is 0 Å². The Morgan fingerprint density at radius 1 is 1.54 bits per heavy atom. The number of rotatable bonds is 2. The van der Waals surface area contributed by atoms with Crippen molar-refractivity contribution < 1.29 is 0 Å². The van der Waals surface area contributed by atoms with Crippen LogP contribution in [0.2, 0.25) is 0 Å². The van der Waals surface area contributed by atoms with Crippen molar-refractivity contribution in [2.45, 2.75) is 38.1 Å². The molecule has 0 aliphatic heterocycles. The highest BCUT2D eigenvalue weighted by Crippen LogP contribution is 2.32. The third-order valence-corrected chi connectivity index (χ3v) is 2.89. The molecule has 0 saturated heterocycles.